The van der Waals surface area contributed by atoms with Crippen molar-refractivity contribution < 1.29 is 31.1 Å². The van der Waals surface area contributed by atoms with E-state index in [1.165, 1.54) is 12.8 Å². The molecular formula is C24H18F6O. The van der Waals surface area contributed by atoms with Gasteiger partial charge in [-0.1, -0.05) is 24.3 Å². The van der Waals surface area contributed by atoms with E-state index in [0.717, 1.165) is 31.0 Å². The van der Waals surface area contributed by atoms with Crippen molar-refractivity contribution in [2.24, 2.45) is 5.92 Å². The smallest absolute Gasteiger partial charge is 0.429 e. The van der Waals surface area contributed by atoms with Gasteiger partial charge >= 0.3 is 6.11 Å². The highest BCUT2D eigenvalue weighted by Crippen LogP contribution is 2.38. The largest absolute Gasteiger partial charge is 0.432 e. The van der Waals surface area contributed by atoms with Crippen molar-refractivity contribution in [3.8, 4) is 16.9 Å². The Kier molecular flexibility index (Phi) is 5.45. The topological polar surface area (TPSA) is 9.23 Å². The van der Waals surface area contributed by atoms with Gasteiger partial charge in [0.05, 0.1) is 0 Å². The molecule has 0 aromatic heterocycles. The number of hydrogen-bond acceptors (Lipinski definition) is 1. The zero-order chi connectivity index (χ0) is 22.3. The van der Waals surface area contributed by atoms with Gasteiger partial charge in [-0.2, -0.15) is 8.78 Å². The van der Waals surface area contributed by atoms with Crippen molar-refractivity contribution in [2.75, 3.05) is 0 Å². The summed E-state index contributed by atoms with van der Waals surface area (Å²) >= 11 is 0. The molecule has 1 fully saturated rings. The number of rotatable bonds is 6. The normalized spacial score (nSPS) is 14.0. The van der Waals surface area contributed by atoms with E-state index in [4.69, 9.17) is 0 Å². The van der Waals surface area contributed by atoms with Crippen LogP contribution in [0.1, 0.15) is 29.5 Å². The fourth-order valence-electron chi connectivity index (χ4n) is 3.39. The summed E-state index contributed by atoms with van der Waals surface area (Å²) in [5, 5.41) is 0. The lowest BCUT2D eigenvalue weighted by atomic mass is 9.99. The van der Waals surface area contributed by atoms with Crippen molar-refractivity contribution in [2.45, 2.75) is 32.3 Å². The minimum absolute atomic E-state index is 0.0833. The molecule has 3 aromatic rings. The van der Waals surface area contributed by atoms with Gasteiger partial charge in [-0.15, -0.1) is 0 Å². The third-order valence-corrected chi connectivity index (χ3v) is 5.34. The molecule has 1 nitrogen and oxygen atoms in total. The van der Waals surface area contributed by atoms with Crippen molar-refractivity contribution in [1.29, 1.82) is 0 Å². The van der Waals surface area contributed by atoms with Gasteiger partial charge in [-0.05, 0) is 60.9 Å². The van der Waals surface area contributed by atoms with Crippen molar-refractivity contribution in [3.63, 3.8) is 0 Å². The van der Waals surface area contributed by atoms with Crippen LogP contribution in [0.15, 0.2) is 48.5 Å². The molecule has 0 aliphatic heterocycles. The van der Waals surface area contributed by atoms with Gasteiger partial charge in [0.1, 0.15) is 34.6 Å². The molecule has 0 N–H and O–H groups in total. The van der Waals surface area contributed by atoms with Crippen molar-refractivity contribution in [1.82, 2.24) is 0 Å². The molecule has 1 saturated carbocycles. The lowest BCUT2D eigenvalue weighted by Gasteiger charge is -2.20. The lowest BCUT2D eigenvalue weighted by Crippen LogP contribution is -2.25. The molecule has 3 aromatic carbocycles. The van der Waals surface area contributed by atoms with E-state index in [0.29, 0.717) is 23.6 Å². The molecule has 0 saturated heterocycles. The fraction of sp³-hybridized carbons (Fsp3) is 0.250. The van der Waals surface area contributed by atoms with Crippen LogP contribution >= 0.6 is 0 Å². The van der Waals surface area contributed by atoms with Crippen LogP contribution in [0, 0.1) is 36.1 Å². The Morgan fingerprint density at radius 1 is 0.806 bits per heavy atom. The first-order valence-corrected chi connectivity index (χ1v) is 9.75. The van der Waals surface area contributed by atoms with Gasteiger partial charge in [-0.25, -0.2) is 17.6 Å². The van der Waals surface area contributed by atoms with Crippen LogP contribution in [0.25, 0.3) is 11.1 Å². The summed E-state index contributed by atoms with van der Waals surface area (Å²) in [6, 6.07) is 9.66. The molecule has 0 amide bonds. The minimum Gasteiger partial charge on any atom is -0.429 e. The van der Waals surface area contributed by atoms with Gasteiger partial charge in [0.25, 0.3) is 0 Å². The molecule has 1 aliphatic rings. The Bertz CT molecular complexity index is 1070. The van der Waals surface area contributed by atoms with E-state index >= 15 is 0 Å². The average Bonchev–Trinajstić information content (AvgIpc) is 3.49. The standard InChI is InChI=1S/C24H18F6O/c1-13-19(25)11-18(12-20(13)26)31-24(29,30)23-21(27)9-17(10-22(23)28)16-6-4-15(5-7-16)8-14-2-3-14/h4-7,9-12,14H,2-3,8H2,1H3. The summed E-state index contributed by atoms with van der Waals surface area (Å²) in [6.07, 6.45) is -1.17. The van der Waals surface area contributed by atoms with Gasteiger partial charge in [0, 0.05) is 17.7 Å². The van der Waals surface area contributed by atoms with Gasteiger partial charge in [0.2, 0.25) is 0 Å². The number of hydrogen-bond donors (Lipinski definition) is 0. The summed E-state index contributed by atoms with van der Waals surface area (Å²) in [5.41, 5.74) is -0.374. The Morgan fingerprint density at radius 3 is 1.87 bits per heavy atom. The van der Waals surface area contributed by atoms with E-state index in [2.05, 4.69) is 4.74 Å². The average molecular weight is 436 g/mol. The summed E-state index contributed by atoms with van der Waals surface area (Å²) < 4.78 is 89.5. The molecule has 0 spiro atoms. The number of ether oxygens (including phenoxy) is 1. The first-order chi connectivity index (χ1) is 14.6. The highest BCUT2D eigenvalue weighted by molar-refractivity contribution is 5.64. The first-order valence-electron chi connectivity index (χ1n) is 9.75. The van der Waals surface area contributed by atoms with Crippen LogP contribution in [-0.2, 0) is 12.5 Å². The zero-order valence-electron chi connectivity index (χ0n) is 16.5. The highest BCUT2D eigenvalue weighted by atomic mass is 19.3. The molecule has 31 heavy (non-hydrogen) atoms. The molecule has 0 atom stereocenters. The second kappa shape index (κ2) is 7.94. The second-order valence-electron chi connectivity index (χ2n) is 7.79. The molecule has 4 rings (SSSR count). The van der Waals surface area contributed by atoms with E-state index in [9.17, 15) is 26.3 Å². The molecular weight excluding hydrogens is 418 g/mol. The summed E-state index contributed by atoms with van der Waals surface area (Å²) in [6.45, 7) is 1.11. The van der Waals surface area contributed by atoms with Gasteiger partial charge < -0.3 is 4.74 Å². The third-order valence-electron chi connectivity index (χ3n) is 5.34. The Balaban J connectivity index is 1.61. The SMILES string of the molecule is Cc1c(F)cc(OC(F)(F)c2c(F)cc(-c3ccc(CC4CC4)cc3)cc2F)cc1F. The van der Waals surface area contributed by atoms with Gasteiger partial charge in [0.15, 0.2) is 0 Å². The maximum atomic E-state index is 14.5. The molecule has 0 unspecified atom stereocenters. The lowest BCUT2D eigenvalue weighted by molar-refractivity contribution is -0.189. The molecule has 0 radical (unpaired) electrons. The molecule has 0 bridgehead atoms. The van der Waals surface area contributed by atoms with Crippen LogP contribution in [0.3, 0.4) is 0 Å². The van der Waals surface area contributed by atoms with Crippen LogP contribution in [0.2, 0.25) is 0 Å². The number of alkyl halides is 2. The van der Waals surface area contributed by atoms with Crippen LogP contribution in [-0.4, -0.2) is 0 Å². The monoisotopic (exact) mass is 436 g/mol. The third kappa shape index (κ3) is 4.55. The predicted octanol–water partition coefficient (Wildman–Crippen LogP) is 7.30. The minimum atomic E-state index is -4.49. The summed E-state index contributed by atoms with van der Waals surface area (Å²) in [7, 11) is 0. The highest BCUT2D eigenvalue weighted by Gasteiger charge is 2.41. The molecule has 162 valence electrons. The zero-order valence-corrected chi connectivity index (χ0v) is 16.5. The maximum absolute atomic E-state index is 14.5. The fourth-order valence-corrected chi connectivity index (χ4v) is 3.39. The molecule has 1 aliphatic carbocycles. The quantitative estimate of drug-likeness (QED) is 0.369. The second-order valence-corrected chi connectivity index (χ2v) is 7.79. The van der Waals surface area contributed by atoms with E-state index in [1.54, 1.807) is 12.1 Å². The van der Waals surface area contributed by atoms with Crippen LogP contribution in [0.4, 0.5) is 26.3 Å². The Labute approximate surface area is 175 Å². The van der Waals surface area contributed by atoms with Crippen LogP contribution < -0.4 is 4.74 Å². The van der Waals surface area contributed by atoms with Crippen molar-refractivity contribution >= 4 is 0 Å². The summed E-state index contributed by atoms with van der Waals surface area (Å²) in [4.78, 5) is 0. The maximum Gasteiger partial charge on any atom is 0.432 e. The van der Waals surface area contributed by atoms with E-state index < -0.39 is 40.7 Å². The molecule has 7 heteroatoms. The summed E-state index contributed by atoms with van der Waals surface area (Å²) in [5.74, 6) is -5.51. The number of benzene rings is 3. The Hall–Kier alpha value is -2.96. The van der Waals surface area contributed by atoms with Gasteiger partial charge in [-0.3, -0.25) is 0 Å². The van der Waals surface area contributed by atoms with Crippen LogP contribution in [0.5, 0.6) is 5.75 Å². The van der Waals surface area contributed by atoms with E-state index in [1.807, 2.05) is 12.1 Å². The van der Waals surface area contributed by atoms with E-state index in [-0.39, 0.29) is 11.1 Å². The predicted molar refractivity (Wildman–Crippen MR) is 104 cm³/mol. The molecule has 0 heterocycles. The van der Waals surface area contributed by atoms with Crippen molar-refractivity contribution in [3.05, 3.63) is 88.5 Å². The number of halogens is 6. The first kappa shape index (κ1) is 21.3. The Morgan fingerprint density at radius 2 is 1.35 bits per heavy atom.